The molecule has 31 heavy (non-hydrogen) atoms. The van der Waals surface area contributed by atoms with Gasteiger partial charge >= 0.3 is 0 Å². The topological polar surface area (TPSA) is 76.0 Å². The van der Waals surface area contributed by atoms with Crippen molar-refractivity contribution in [3.05, 3.63) is 77.5 Å². The lowest BCUT2D eigenvalue weighted by molar-refractivity contribution is -0.120. The van der Waals surface area contributed by atoms with Crippen molar-refractivity contribution in [2.24, 2.45) is 0 Å². The van der Waals surface area contributed by atoms with Gasteiger partial charge < -0.3 is 10.6 Å². The Hall–Kier alpha value is -3.41. The van der Waals surface area contributed by atoms with E-state index < -0.39 is 6.04 Å². The number of benzene rings is 2. The Kier molecular flexibility index (Phi) is 6.59. The highest BCUT2D eigenvalue weighted by Crippen LogP contribution is 2.27. The van der Waals surface area contributed by atoms with Crippen LogP contribution in [-0.2, 0) is 15.0 Å². The Morgan fingerprint density at radius 2 is 1.74 bits per heavy atom. The monoisotopic (exact) mass is 418 g/mol. The third kappa shape index (κ3) is 5.81. The number of carbonyl (C=O) groups excluding carboxylic acids is 2. The fourth-order valence-electron chi connectivity index (χ4n) is 3.36. The van der Waals surface area contributed by atoms with E-state index in [1.165, 1.54) is 6.92 Å². The molecule has 6 heteroatoms. The van der Waals surface area contributed by atoms with Crippen molar-refractivity contribution in [1.29, 1.82) is 0 Å². The highest BCUT2D eigenvalue weighted by molar-refractivity contribution is 5.91. The van der Waals surface area contributed by atoms with Crippen LogP contribution < -0.4 is 10.6 Å². The van der Waals surface area contributed by atoms with Crippen LogP contribution in [0.1, 0.15) is 57.0 Å². The van der Waals surface area contributed by atoms with Gasteiger partial charge in [-0.05, 0) is 30.2 Å². The summed E-state index contributed by atoms with van der Waals surface area (Å²) in [6, 6.07) is 19.0. The van der Waals surface area contributed by atoms with Crippen LogP contribution in [0.4, 0.5) is 5.82 Å². The summed E-state index contributed by atoms with van der Waals surface area (Å²) in [4.78, 5) is 24.7. The van der Waals surface area contributed by atoms with Gasteiger partial charge in [-0.25, -0.2) is 4.68 Å². The fraction of sp³-hybridized carbons (Fsp3) is 0.320. The maximum absolute atomic E-state index is 13.0. The van der Waals surface area contributed by atoms with Gasteiger partial charge in [-0.2, -0.15) is 5.10 Å². The van der Waals surface area contributed by atoms with Crippen molar-refractivity contribution in [2.75, 3.05) is 5.32 Å². The lowest BCUT2D eigenvalue weighted by Gasteiger charge is -2.18. The van der Waals surface area contributed by atoms with Crippen LogP contribution in [0.5, 0.6) is 0 Å². The zero-order valence-corrected chi connectivity index (χ0v) is 18.8. The first-order valence-electron chi connectivity index (χ1n) is 10.4. The summed E-state index contributed by atoms with van der Waals surface area (Å²) in [6.45, 7) is 9.74. The van der Waals surface area contributed by atoms with Crippen LogP contribution in [0.3, 0.4) is 0 Å². The third-order valence-corrected chi connectivity index (χ3v) is 4.96. The molecule has 0 saturated carbocycles. The number of carbonyl (C=O) groups is 2. The lowest BCUT2D eigenvalue weighted by atomic mass is 9.92. The van der Waals surface area contributed by atoms with E-state index in [1.807, 2.05) is 67.6 Å². The Morgan fingerprint density at radius 1 is 1.03 bits per heavy atom. The largest absolute Gasteiger partial charge is 0.349 e. The van der Waals surface area contributed by atoms with E-state index in [-0.39, 0.29) is 23.7 Å². The van der Waals surface area contributed by atoms with Crippen LogP contribution >= 0.6 is 0 Å². The van der Waals surface area contributed by atoms with E-state index in [0.717, 1.165) is 22.5 Å². The molecule has 0 aliphatic heterocycles. The number of nitrogens with one attached hydrogen (secondary N) is 2. The summed E-state index contributed by atoms with van der Waals surface area (Å²) in [5.74, 6) is 0.230. The molecule has 6 nitrogen and oxygen atoms in total. The molecule has 0 bridgehead atoms. The van der Waals surface area contributed by atoms with Crippen molar-refractivity contribution in [2.45, 2.75) is 52.5 Å². The van der Waals surface area contributed by atoms with Gasteiger partial charge in [0.05, 0.1) is 23.8 Å². The highest BCUT2D eigenvalue weighted by atomic mass is 16.2. The van der Waals surface area contributed by atoms with Gasteiger partial charge in [0.25, 0.3) is 0 Å². The Labute approximate surface area is 183 Å². The molecule has 3 rings (SSSR count). The Morgan fingerprint density at radius 3 is 2.35 bits per heavy atom. The standard InChI is InChI=1S/C25H30N4O2/c1-17-10-9-13-20(14-17)29-23(16-22(28-29)25(3,4)5)27-24(31)15-21(26-18(2)30)19-11-7-6-8-12-19/h6-14,16,21H,15H2,1-5H3,(H,26,30)(H,27,31). The molecule has 162 valence electrons. The first-order valence-corrected chi connectivity index (χ1v) is 10.4. The quantitative estimate of drug-likeness (QED) is 0.610. The molecule has 1 unspecified atom stereocenters. The van der Waals surface area contributed by atoms with Crippen LogP contribution in [0.15, 0.2) is 60.7 Å². The van der Waals surface area contributed by atoms with Crippen molar-refractivity contribution in [3.8, 4) is 5.69 Å². The zero-order valence-electron chi connectivity index (χ0n) is 18.8. The summed E-state index contributed by atoms with van der Waals surface area (Å²) in [6.07, 6.45) is 0.118. The number of hydrogen-bond donors (Lipinski definition) is 2. The van der Waals surface area contributed by atoms with Crippen LogP contribution in [0.2, 0.25) is 0 Å². The van der Waals surface area contributed by atoms with E-state index in [2.05, 4.69) is 31.4 Å². The molecule has 2 amide bonds. The second-order valence-electron chi connectivity index (χ2n) is 8.83. The number of amides is 2. The van der Waals surface area contributed by atoms with E-state index in [4.69, 9.17) is 5.10 Å². The van der Waals surface area contributed by atoms with Crippen molar-refractivity contribution in [3.63, 3.8) is 0 Å². The first-order chi connectivity index (χ1) is 14.6. The molecular weight excluding hydrogens is 388 g/mol. The number of hydrogen-bond acceptors (Lipinski definition) is 3. The average Bonchev–Trinajstić information content (AvgIpc) is 3.12. The minimum atomic E-state index is -0.406. The average molecular weight is 419 g/mol. The molecular formula is C25H30N4O2. The van der Waals surface area contributed by atoms with Crippen molar-refractivity contribution >= 4 is 17.6 Å². The second kappa shape index (κ2) is 9.16. The summed E-state index contributed by atoms with van der Waals surface area (Å²) >= 11 is 0. The van der Waals surface area contributed by atoms with Crippen LogP contribution in [-0.4, -0.2) is 21.6 Å². The number of aryl methyl sites for hydroxylation is 1. The van der Waals surface area contributed by atoms with Crippen molar-refractivity contribution in [1.82, 2.24) is 15.1 Å². The normalized spacial score (nSPS) is 12.3. The van der Waals surface area contributed by atoms with Gasteiger partial charge in [0.15, 0.2) is 0 Å². The van der Waals surface area contributed by atoms with Crippen LogP contribution in [0, 0.1) is 6.92 Å². The second-order valence-corrected chi connectivity index (χ2v) is 8.83. The molecule has 0 aliphatic carbocycles. The Balaban J connectivity index is 1.89. The maximum atomic E-state index is 13.0. The van der Waals surface area contributed by atoms with Crippen LogP contribution in [0.25, 0.3) is 5.69 Å². The molecule has 0 aliphatic rings. The van der Waals surface area contributed by atoms with Gasteiger partial charge in [0.1, 0.15) is 5.82 Å². The van der Waals surface area contributed by atoms with Gasteiger partial charge in [-0.15, -0.1) is 0 Å². The molecule has 0 radical (unpaired) electrons. The van der Waals surface area contributed by atoms with Gasteiger partial charge in [-0.3, -0.25) is 9.59 Å². The minimum absolute atomic E-state index is 0.118. The number of aromatic nitrogens is 2. The maximum Gasteiger partial charge on any atom is 0.227 e. The summed E-state index contributed by atoms with van der Waals surface area (Å²) < 4.78 is 1.77. The molecule has 0 saturated heterocycles. The number of nitrogens with zero attached hydrogens (tertiary/aromatic N) is 2. The summed E-state index contributed by atoms with van der Waals surface area (Å²) in [5, 5.41) is 10.6. The molecule has 1 heterocycles. The van der Waals surface area contributed by atoms with E-state index >= 15 is 0 Å². The molecule has 3 aromatic rings. The van der Waals surface area contributed by atoms with Gasteiger partial charge in [0.2, 0.25) is 11.8 Å². The van der Waals surface area contributed by atoms with E-state index in [9.17, 15) is 9.59 Å². The smallest absolute Gasteiger partial charge is 0.227 e. The zero-order chi connectivity index (χ0) is 22.6. The molecule has 2 N–H and O–H groups in total. The number of anilines is 1. The highest BCUT2D eigenvalue weighted by Gasteiger charge is 2.23. The lowest BCUT2D eigenvalue weighted by Crippen LogP contribution is -2.30. The van der Waals surface area contributed by atoms with Gasteiger partial charge in [0, 0.05) is 18.4 Å². The Bertz CT molecular complexity index is 1060. The predicted octanol–water partition coefficient (Wildman–Crippen LogP) is 4.68. The fourth-order valence-corrected chi connectivity index (χ4v) is 3.36. The van der Waals surface area contributed by atoms with E-state index in [0.29, 0.717) is 5.82 Å². The van der Waals surface area contributed by atoms with E-state index in [1.54, 1.807) is 4.68 Å². The van der Waals surface area contributed by atoms with Gasteiger partial charge in [-0.1, -0.05) is 63.2 Å². The third-order valence-electron chi connectivity index (χ3n) is 4.96. The molecule has 2 aromatic carbocycles. The predicted molar refractivity (Wildman–Crippen MR) is 123 cm³/mol. The van der Waals surface area contributed by atoms with Crippen molar-refractivity contribution < 1.29 is 9.59 Å². The summed E-state index contributed by atoms with van der Waals surface area (Å²) in [7, 11) is 0. The summed E-state index contributed by atoms with van der Waals surface area (Å²) in [5.41, 5.74) is 3.59. The molecule has 1 atom stereocenters. The first kappa shape index (κ1) is 22.3. The molecule has 0 spiro atoms. The SMILES string of the molecule is CC(=O)NC(CC(=O)Nc1cc(C(C)(C)C)nn1-c1cccc(C)c1)c1ccccc1. The number of rotatable bonds is 6. The minimum Gasteiger partial charge on any atom is -0.349 e. The molecule has 0 fully saturated rings. The molecule has 1 aromatic heterocycles.